The molecule has 0 saturated carbocycles. The molecule has 0 unspecified atom stereocenters. The smallest absolute Gasteiger partial charge is 0.380 e. The molecule has 1 aromatic heterocycles. The number of aryl methyl sites for hydroxylation is 2. The van der Waals surface area contributed by atoms with Crippen LogP contribution in [0.4, 0.5) is 0 Å². The molecule has 0 fully saturated rings. The first-order valence-corrected chi connectivity index (χ1v) is 8.32. The molecule has 6 heteroatoms. The summed E-state index contributed by atoms with van der Waals surface area (Å²) in [5.41, 5.74) is 2.04. The highest BCUT2D eigenvalue weighted by Crippen LogP contribution is 2.34. The van der Waals surface area contributed by atoms with Crippen molar-refractivity contribution < 1.29 is 18.7 Å². The quantitative estimate of drug-likeness (QED) is 0.412. The van der Waals surface area contributed by atoms with E-state index in [0.717, 1.165) is 15.4 Å². The van der Waals surface area contributed by atoms with E-state index in [2.05, 4.69) is 15.9 Å². The fraction of sp³-hybridized carbons (Fsp3) is 0.167. The van der Waals surface area contributed by atoms with Crippen LogP contribution in [0, 0.1) is 13.8 Å². The predicted molar refractivity (Wildman–Crippen MR) is 96.4 cm³/mol. The Labute approximate surface area is 152 Å². The minimum absolute atomic E-state index is 0.150. The maximum atomic E-state index is 12.5. The third kappa shape index (κ3) is 3.01. The van der Waals surface area contributed by atoms with Gasteiger partial charge in [0.2, 0.25) is 5.76 Å². The number of fused-ring (bicyclic) bond motifs is 1. The van der Waals surface area contributed by atoms with Crippen molar-refractivity contribution in [1.29, 1.82) is 0 Å². The maximum absolute atomic E-state index is 12.5. The lowest BCUT2D eigenvalue weighted by Gasteiger charge is -2.09. The Hall–Kier alpha value is -1.98. The second-order valence-electron chi connectivity index (χ2n) is 5.34. The molecule has 0 aliphatic rings. The summed E-state index contributed by atoms with van der Waals surface area (Å²) in [5, 5.41) is 1.16. The van der Waals surface area contributed by atoms with Crippen molar-refractivity contribution >= 4 is 44.5 Å². The number of carbonyl (C=O) groups excluding carboxylic acids is 1. The number of halogens is 2. The molecule has 1 heterocycles. The Balaban J connectivity index is 1.99. The molecule has 24 heavy (non-hydrogen) atoms. The minimum Gasteiger partial charge on any atom is -0.497 e. The Kier molecular flexibility index (Phi) is 4.56. The van der Waals surface area contributed by atoms with Crippen LogP contribution >= 0.6 is 27.5 Å². The van der Waals surface area contributed by atoms with E-state index in [1.165, 1.54) is 0 Å². The lowest BCUT2D eigenvalue weighted by Crippen LogP contribution is -2.10. The molecule has 0 bridgehead atoms. The molecule has 0 aliphatic heterocycles. The van der Waals surface area contributed by atoms with E-state index in [-0.39, 0.29) is 5.76 Å². The number of benzene rings is 2. The molecule has 0 spiro atoms. The molecule has 0 amide bonds. The third-order valence-electron chi connectivity index (χ3n) is 3.72. The van der Waals surface area contributed by atoms with Gasteiger partial charge in [-0.3, -0.25) is 0 Å². The number of hydrogen-bond donors (Lipinski definition) is 0. The van der Waals surface area contributed by atoms with Crippen LogP contribution in [0.1, 0.15) is 21.7 Å². The fourth-order valence-electron chi connectivity index (χ4n) is 2.48. The molecule has 0 N–H and O–H groups in total. The van der Waals surface area contributed by atoms with Crippen LogP contribution in [0.15, 0.2) is 39.2 Å². The van der Waals surface area contributed by atoms with Crippen molar-refractivity contribution in [1.82, 2.24) is 0 Å². The van der Waals surface area contributed by atoms with Crippen molar-refractivity contribution in [3.05, 3.63) is 56.7 Å². The zero-order valence-corrected chi connectivity index (χ0v) is 15.6. The largest absolute Gasteiger partial charge is 0.497 e. The molecule has 0 atom stereocenters. The van der Waals surface area contributed by atoms with Gasteiger partial charge in [-0.2, -0.15) is 0 Å². The van der Waals surface area contributed by atoms with Crippen molar-refractivity contribution in [3.63, 3.8) is 0 Å². The van der Waals surface area contributed by atoms with Crippen LogP contribution in [0.25, 0.3) is 11.0 Å². The lowest BCUT2D eigenvalue weighted by molar-refractivity contribution is 0.0701. The summed E-state index contributed by atoms with van der Waals surface area (Å²) in [5.74, 6) is 0.576. The molecule has 4 nitrogen and oxygen atoms in total. The summed E-state index contributed by atoms with van der Waals surface area (Å²) < 4.78 is 17.1. The van der Waals surface area contributed by atoms with E-state index in [9.17, 15) is 4.79 Å². The van der Waals surface area contributed by atoms with Gasteiger partial charge in [-0.15, -0.1) is 0 Å². The number of rotatable bonds is 3. The molecule has 124 valence electrons. The number of hydrogen-bond acceptors (Lipinski definition) is 4. The van der Waals surface area contributed by atoms with Gasteiger partial charge in [-0.1, -0.05) is 27.5 Å². The van der Waals surface area contributed by atoms with Gasteiger partial charge in [-0.25, -0.2) is 4.79 Å². The van der Waals surface area contributed by atoms with Crippen molar-refractivity contribution in [2.45, 2.75) is 13.8 Å². The van der Waals surface area contributed by atoms with E-state index in [1.807, 2.05) is 19.1 Å². The number of furan rings is 1. The molecule has 3 rings (SSSR count). The summed E-state index contributed by atoms with van der Waals surface area (Å²) in [6.45, 7) is 3.62. The molecule has 0 aliphatic carbocycles. The zero-order chi connectivity index (χ0) is 17.4. The zero-order valence-electron chi connectivity index (χ0n) is 13.3. The first kappa shape index (κ1) is 16.9. The molecule has 2 aromatic carbocycles. The van der Waals surface area contributed by atoms with Crippen molar-refractivity contribution in [2.24, 2.45) is 0 Å². The Bertz CT molecular complexity index is 923. The Morgan fingerprint density at radius 1 is 1.21 bits per heavy atom. The highest BCUT2D eigenvalue weighted by atomic mass is 79.9. The number of carbonyl (C=O) groups is 1. The summed E-state index contributed by atoms with van der Waals surface area (Å²) in [6, 6.07) is 8.85. The minimum atomic E-state index is -0.588. The average molecular weight is 410 g/mol. The van der Waals surface area contributed by atoms with Gasteiger partial charge in [-0.05, 0) is 49.7 Å². The Morgan fingerprint density at radius 3 is 2.62 bits per heavy atom. The van der Waals surface area contributed by atoms with Gasteiger partial charge in [0, 0.05) is 15.4 Å². The third-order valence-corrected chi connectivity index (χ3v) is 4.46. The molecule has 3 aromatic rings. The van der Waals surface area contributed by atoms with Crippen LogP contribution in [0.5, 0.6) is 11.5 Å². The fourth-order valence-corrected chi connectivity index (χ4v) is 3.49. The monoisotopic (exact) mass is 408 g/mol. The highest BCUT2D eigenvalue weighted by Gasteiger charge is 2.22. The van der Waals surface area contributed by atoms with Crippen molar-refractivity contribution in [2.75, 3.05) is 7.11 Å². The van der Waals surface area contributed by atoms with Gasteiger partial charge in [0.25, 0.3) is 0 Å². The summed E-state index contributed by atoms with van der Waals surface area (Å²) in [6.07, 6.45) is 0. The summed E-state index contributed by atoms with van der Waals surface area (Å²) in [7, 11) is 1.59. The van der Waals surface area contributed by atoms with Gasteiger partial charge in [0.05, 0.1) is 12.1 Å². The van der Waals surface area contributed by atoms with E-state index < -0.39 is 5.97 Å². The van der Waals surface area contributed by atoms with Crippen LogP contribution in [-0.4, -0.2) is 13.1 Å². The molecule has 0 radical (unpaired) electrons. The molecular formula is C18H14BrClO4. The van der Waals surface area contributed by atoms with Gasteiger partial charge < -0.3 is 13.9 Å². The highest BCUT2D eigenvalue weighted by molar-refractivity contribution is 9.10. The van der Waals surface area contributed by atoms with Gasteiger partial charge >= 0.3 is 5.97 Å². The molecule has 0 saturated heterocycles. The second kappa shape index (κ2) is 6.49. The standard InChI is InChI=1S/C18H14BrClO4/c1-9-6-11(19)7-14(20)16(9)24-18(21)17-10(2)13-8-12(22-3)4-5-15(13)23-17/h4-8H,1-3H3. The first-order valence-electron chi connectivity index (χ1n) is 7.15. The van der Waals surface area contributed by atoms with Crippen LogP contribution in [-0.2, 0) is 0 Å². The first-order chi connectivity index (χ1) is 11.4. The summed E-state index contributed by atoms with van der Waals surface area (Å²) >= 11 is 9.52. The van der Waals surface area contributed by atoms with Crippen LogP contribution < -0.4 is 9.47 Å². The SMILES string of the molecule is COc1ccc2oc(C(=O)Oc3c(C)cc(Br)cc3Cl)c(C)c2c1. The van der Waals surface area contributed by atoms with Crippen molar-refractivity contribution in [3.8, 4) is 11.5 Å². The maximum Gasteiger partial charge on any atom is 0.380 e. The predicted octanol–water partition coefficient (Wildman–Crippen LogP) is 5.69. The van der Waals surface area contributed by atoms with Crippen LogP contribution in [0.2, 0.25) is 5.02 Å². The number of methoxy groups -OCH3 is 1. The van der Waals surface area contributed by atoms with E-state index in [0.29, 0.717) is 27.7 Å². The van der Waals surface area contributed by atoms with E-state index >= 15 is 0 Å². The van der Waals surface area contributed by atoms with Gasteiger partial charge in [0.1, 0.15) is 11.3 Å². The topological polar surface area (TPSA) is 48.7 Å². The summed E-state index contributed by atoms with van der Waals surface area (Å²) in [4.78, 5) is 12.5. The van der Waals surface area contributed by atoms with E-state index in [4.69, 9.17) is 25.5 Å². The molecular weight excluding hydrogens is 396 g/mol. The number of ether oxygens (including phenoxy) is 2. The number of esters is 1. The Morgan fingerprint density at radius 2 is 1.96 bits per heavy atom. The normalized spacial score (nSPS) is 10.9. The van der Waals surface area contributed by atoms with Gasteiger partial charge in [0.15, 0.2) is 5.75 Å². The van der Waals surface area contributed by atoms with E-state index in [1.54, 1.807) is 32.2 Å². The second-order valence-corrected chi connectivity index (χ2v) is 6.66. The lowest BCUT2D eigenvalue weighted by atomic mass is 10.1. The average Bonchev–Trinajstić information content (AvgIpc) is 2.87. The van der Waals surface area contributed by atoms with Crippen LogP contribution in [0.3, 0.4) is 0 Å².